The summed E-state index contributed by atoms with van der Waals surface area (Å²) in [5.41, 5.74) is 11.3. The van der Waals surface area contributed by atoms with E-state index in [-0.39, 0.29) is 10.6 Å². The summed E-state index contributed by atoms with van der Waals surface area (Å²) in [6.07, 6.45) is 1.54. The number of aromatic hydroxyl groups is 1. The first-order chi connectivity index (χ1) is 12.4. The van der Waals surface area contributed by atoms with Gasteiger partial charge in [-0.2, -0.15) is 8.42 Å². The summed E-state index contributed by atoms with van der Waals surface area (Å²) < 4.78 is 27.0. The van der Waals surface area contributed by atoms with E-state index in [0.717, 1.165) is 10.8 Å². The van der Waals surface area contributed by atoms with Crippen LogP contribution in [0.25, 0.3) is 10.8 Å². The lowest BCUT2D eigenvalue weighted by Gasteiger charge is -2.05. The van der Waals surface area contributed by atoms with E-state index >= 15 is 0 Å². The fraction of sp³-hybridized carbons (Fsp3) is 0. The zero-order valence-corrected chi connectivity index (χ0v) is 14.4. The third-order valence-corrected chi connectivity index (χ3v) is 4.97. The Kier molecular flexibility index (Phi) is 4.59. The predicted octanol–water partition coefficient (Wildman–Crippen LogP) is 2.26. The molecule has 0 spiro atoms. The van der Waals surface area contributed by atoms with Gasteiger partial charge in [0.25, 0.3) is 10.0 Å². The minimum atomic E-state index is -3.93. The molecule has 0 aliphatic heterocycles. The van der Waals surface area contributed by atoms with E-state index in [1.165, 1.54) is 30.5 Å². The Morgan fingerprint density at radius 3 is 2.35 bits per heavy atom. The van der Waals surface area contributed by atoms with Crippen molar-refractivity contribution in [2.24, 2.45) is 20.9 Å². The number of nitrogens with two attached hydrogens (primary N) is 2. The molecule has 26 heavy (non-hydrogen) atoms. The van der Waals surface area contributed by atoms with Crippen molar-refractivity contribution in [2.75, 3.05) is 0 Å². The van der Waals surface area contributed by atoms with Crippen molar-refractivity contribution in [3.05, 3.63) is 66.2 Å². The van der Waals surface area contributed by atoms with E-state index < -0.39 is 16.0 Å². The van der Waals surface area contributed by atoms with Crippen molar-refractivity contribution in [3.63, 3.8) is 0 Å². The molecular formula is C18H16N4O3S. The van der Waals surface area contributed by atoms with Crippen LogP contribution in [0.5, 0.6) is 5.75 Å². The van der Waals surface area contributed by atoms with Crippen LogP contribution in [-0.4, -0.2) is 25.7 Å². The largest absolute Gasteiger partial charge is 0.507 e. The molecule has 0 radical (unpaired) electrons. The van der Waals surface area contributed by atoms with Crippen LogP contribution in [0.15, 0.2) is 74.9 Å². The molecule has 0 heterocycles. The van der Waals surface area contributed by atoms with E-state index in [1.807, 2.05) is 30.3 Å². The predicted molar refractivity (Wildman–Crippen MR) is 102 cm³/mol. The lowest BCUT2D eigenvalue weighted by molar-refractivity contribution is 0.475. The highest BCUT2D eigenvalue weighted by Gasteiger charge is 2.12. The quantitative estimate of drug-likeness (QED) is 0.480. The van der Waals surface area contributed by atoms with Gasteiger partial charge in [-0.1, -0.05) is 30.3 Å². The number of guanidine groups is 1. The molecule has 3 aromatic rings. The third kappa shape index (κ3) is 3.65. The molecule has 3 aromatic carbocycles. The van der Waals surface area contributed by atoms with Gasteiger partial charge in [-0.3, -0.25) is 4.99 Å². The molecule has 0 amide bonds. The van der Waals surface area contributed by atoms with Crippen LogP contribution in [0.4, 0.5) is 5.69 Å². The second kappa shape index (κ2) is 6.85. The van der Waals surface area contributed by atoms with Gasteiger partial charge in [-0.15, -0.1) is 4.40 Å². The van der Waals surface area contributed by atoms with Crippen LogP contribution in [0.1, 0.15) is 5.56 Å². The molecule has 8 heteroatoms. The summed E-state index contributed by atoms with van der Waals surface area (Å²) >= 11 is 0. The minimum Gasteiger partial charge on any atom is -0.507 e. The summed E-state index contributed by atoms with van der Waals surface area (Å²) in [6, 6.07) is 16.8. The maximum absolute atomic E-state index is 11.9. The maximum atomic E-state index is 11.9. The normalized spacial score (nSPS) is 11.7. The molecule has 0 atom stereocenters. The van der Waals surface area contributed by atoms with E-state index in [4.69, 9.17) is 11.5 Å². The molecule has 7 nitrogen and oxygen atoms in total. The number of sulfonamides is 1. The summed E-state index contributed by atoms with van der Waals surface area (Å²) in [5.74, 6) is -0.419. The number of hydrogen-bond donors (Lipinski definition) is 3. The van der Waals surface area contributed by atoms with Crippen LogP contribution < -0.4 is 11.5 Å². The Morgan fingerprint density at radius 2 is 1.65 bits per heavy atom. The van der Waals surface area contributed by atoms with E-state index in [9.17, 15) is 13.5 Å². The van der Waals surface area contributed by atoms with Crippen molar-refractivity contribution in [1.29, 1.82) is 0 Å². The van der Waals surface area contributed by atoms with Crippen molar-refractivity contribution >= 4 is 38.7 Å². The first kappa shape index (κ1) is 17.4. The van der Waals surface area contributed by atoms with Gasteiger partial charge < -0.3 is 16.6 Å². The highest BCUT2D eigenvalue weighted by Crippen LogP contribution is 2.26. The van der Waals surface area contributed by atoms with Gasteiger partial charge in [0.2, 0.25) is 5.96 Å². The lowest BCUT2D eigenvalue weighted by Crippen LogP contribution is -2.24. The molecule has 0 bridgehead atoms. The Bertz CT molecular complexity index is 1120. The van der Waals surface area contributed by atoms with Crippen molar-refractivity contribution in [1.82, 2.24) is 0 Å². The fourth-order valence-corrected chi connectivity index (χ4v) is 3.32. The SMILES string of the molecule is NC(N)=NS(=O)(=O)c1ccc(N=Cc2c(O)ccc3ccccc23)cc1. The van der Waals surface area contributed by atoms with Gasteiger partial charge in [0.15, 0.2) is 0 Å². The number of fused-ring (bicyclic) bond motifs is 1. The fourth-order valence-electron chi connectivity index (χ4n) is 2.45. The molecule has 0 saturated heterocycles. The Labute approximate surface area is 150 Å². The van der Waals surface area contributed by atoms with Crippen molar-refractivity contribution in [2.45, 2.75) is 4.90 Å². The van der Waals surface area contributed by atoms with Crippen LogP contribution >= 0.6 is 0 Å². The summed E-state index contributed by atoms with van der Waals surface area (Å²) in [4.78, 5) is 4.26. The standard InChI is InChI=1S/C18H16N4O3S/c19-18(20)22-26(24,25)14-8-6-13(7-9-14)21-11-16-15-4-2-1-3-12(15)5-10-17(16)23/h1-11,23H,(H4,19,20,22). The molecule has 0 unspecified atom stereocenters. The monoisotopic (exact) mass is 368 g/mol. The summed E-state index contributed by atoms with van der Waals surface area (Å²) in [6.45, 7) is 0. The number of rotatable bonds is 4. The maximum Gasteiger partial charge on any atom is 0.285 e. The van der Waals surface area contributed by atoms with Gasteiger partial charge in [0.05, 0.1) is 10.6 Å². The van der Waals surface area contributed by atoms with Crippen LogP contribution in [-0.2, 0) is 10.0 Å². The van der Waals surface area contributed by atoms with Gasteiger partial charge in [0, 0.05) is 11.8 Å². The van der Waals surface area contributed by atoms with Crippen LogP contribution in [0.3, 0.4) is 0 Å². The zero-order valence-electron chi connectivity index (χ0n) is 13.6. The van der Waals surface area contributed by atoms with Gasteiger partial charge >= 0.3 is 0 Å². The smallest absolute Gasteiger partial charge is 0.285 e. The first-order valence-electron chi connectivity index (χ1n) is 7.57. The summed E-state index contributed by atoms with van der Waals surface area (Å²) in [7, 11) is -3.93. The van der Waals surface area contributed by atoms with Crippen molar-refractivity contribution < 1.29 is 13.5 Å². The minimum absolute atomic E-state index is 0.0436. The van der Waals surface area contributed by atoms with Crippen molar-refractivity contribution in [3.8, 4) is 5.75 Å². The molecule has 0 aromatic heterocycles. The number of phenols is 1. The molecular weight excluding hydrogens is 352 g/mol. The highest BCUT2D eigenvalue weighted by molar-refractivity contribution is 7.90. The lowest BCUT2D eigenvalue weighted by atomic mass is 10.0. The van der Waals surface area contributed by atoms with E-state index in [0.29, 0.717) is 11.3 Å². The molecule has 132 valence electrons. The van der Waals surface area contributed by atoms with E-state index in [2.05, 4.69) is 9.39 Å². The van der Waals surface area contributed by atoms with E-state index in [1.54, 1.807) is 6.07 Å². The first-order valence-corrected chi connectivity index (χ1v) is 9.01. The van der Waals surface area contributed by atoms with Crippen LogP contribution in [0, 0.1) is 0 Å². The van der Waals surface area contributed by atoms with Gasteiger partial charge in [-0.05, 0) is 41.1 Å². The second-order valence-electron chi connectivity index (χ2n) is 5.46. The molecule has 0 aliphatic carbocycles. The third-order valence-electron chi connectivity index (χ3n) is 3.65. The average Bonchev–Trinajstić information content (AvgIpc) is 2.60. The molecule has 3 rings (SSSR count). The number of phenolic OH excluding ortho intramolecular Hbond substituents is 1. The number of hydrogen-bond acceptors (Lipinski definition) is 4. The average molecular weight is 368 g/mol. The Morgan fingerprint density at radius 1 is 0.962 bits per heavy atom. The second-order valence-corrected chi connectivity index (χ2v) is 7.07. The molecule has 0 fully saturated rings. The number of nitrogens with zero attached hydrogens (tertiary/aromatic N) is 2. The zero-order chi connectivity index (χ0) is 18.7. The highest BCUT2D eigenvalue weighted by atomic mass is 32.2. The molecule has 0 aliphatic rings. The summed E-state index contributed by atoms with van der Waals surface area (Å²) in [5, 5.41) is 12.0. The molecule has 5 N–H and O–H groups in total. The number of benzene rings is 3. The Hall–Kier alpha value is -3.39. The topological polar surface area (TPSA) is 131 Å². The van der Waals surface area contributed by atoms with Crippen LogP contribution in [0.2, 0.25) is 0 Å². The Balaban J connectivity index is 1.93. The van der Waals surface area contributed by atoms with Gasteiger partial charge in [0.1, 0.15) is 5.75 Å². The molecule has 0 saturated carbocycles. The van der Waals surface area contributed by atoms with Gasteiger partial charge in [-0.25, -0.2) is 0 Å². The number of aliphatic imine (C=N–C) groups is 1.